The Morgan fingerprint density at radius 3 is 2.64 bits per heavy atom. The molecule has 0 saturated carbocycles. The fourth-order valence-corrected chi connectivity index (χ4v) is 3.13. The van der Waals surface area contributed by atoms with Crippen LogP contribution in [0.1, 0.15) is 13.8 Å². The van der Waals surface area contributed by atoms with Gasteiger partial charge in [-0.3, -0.25) is 4.90 Å². The van der Waals surface area contributed by atoms with Crippen molar-refractivity contribution < 1.29 is 8.42 Å². The minimum atomic E-state index is -2.72. The normalized spacial score (nSPS) is 32.0. The molecule has 66 valence electrons. The van der Waals surface area contributed by atoms with Crippen molar-refractivity contribution >= 4 is 9.84 Å². The van der Waals surface area contributed by atoms with E-state index in [4.69, 9.17) is 0 Å². The minimum absolute atomic E-state index is 0.207. The highest BCUT2D eigenvalue weighted by Gasteiger charge is 2.26. The topological polar surface area (TPSA) is 37.4 Å². The van der Waals surface area contributed by atoms with E-state index in [1.54, 1.807) is 0 Å². The van der Waals surface area contributed by atoms with Gasteiger partial charge in [0.1, 0.15) is 0 Å². The molecule has 0 radical (unpaired) electrons. The molecule has 0 spiro atoms. The maximum atomic E-state index is 11.1. The fraction of sp³-hybridized carbons (Fsp3) is 1.00. The Balaban J connectivity index is 2.62. The maximum Gasteiger partial charge on any atom is 0.153 e. The van der Waals surface area contributed by atoms with Crippen LogP contribution < -0.4 is 0 Å². The van der Waals surface area contributed by atoms with Crippen molar-refractivity contribution in [3.63, 3.8) is 0 Å². The third-order valence-corrected chi connectivity index (χ3v) is 4.01. The molecule has 0 aromatic carbocycles. The summed E-state index contributed by atoms with van der Waals surface area (Å²) in [7, 11) is -2.72. The molecule has 0 bridgehead atoms. The van der Waals surface area contributed by atoms with Gasteiger partial charge in [-0.1, -0.05) is 6.92 Å². The van der Waals surface area contributed by atoms with Crippen LogP contribution in [0.25, 0.3) is 0 Å². The van der Waals surface area contributed by atoms with Gasteiger partial charge in [-0.05, 0) is 13.5 Å². The molecule has 1 fully saturated rings. The van der Waals surface area contributed by atoms with Crippen molar-refractivity contribution in [3.8, 4) is 0 Å². The van der Waals surface area contributed by atoms with Gasteiger partial charge in [0, 0.05) is 12.6 Å². The average molecular weight is 177 g/mol. The van der Waals surface area contributed by atoms with Crippen LogP contribution in [0.2, 0.25) is 0 Å². The van der Waals surface area contributed by atoms with E-state index in [2.05, 4.69) is 11.8 Å². The van der Waals surface area contributed by atoms with E-state index in [1.165, 1.54) is 0 Å². The van der Waals surface area contributed by atoms with Gasteiger partial charge in [-0.15, -0.1) is 0 Å². The van der Waals surface area contributed by atoms with Crippen molar-refractivity contribution in [1.29, 1.82) is 0 Å². The molecule has 0 amide bonds. The van der Waals surface area contributed by atoms with Crippen LogP contribution in [-0.4, -0.2) is 44.0 Å². The highest BCUT2D eigenvalue weighted by atomic mass is 32.2. The fourth-order valence-electron chi connectivity index (χ4n) is 1.50. The second-order valence-corrected chi connectivity index (χ2v) is 5.32. The molecular formula is C7H15NO2S. The molecule has 1 heterocycles. The Kier molecular flexibility index (Phi) is 2.54. The van der Waals surface area contributed by atoms with Crippen LogP contribution in [-0.2, 0) is 9.84 Å². The summed E-state index contributed by atoms with van der Waals surface area (Å²) in [6, 6.07) is 0.207. The number of hydrogen-bond donors (Lipinski definition) is 0. The molecule has 1 rings (SSSR count). The first kappa shape index (κ1) is 9.00. The van der Waals surface area contributed by atoms with Gasteiger partial charge in [-0.2, -0.15) is 0 Å². The Labute approximate surface area is 68.3 Å². The maximum absolute atomic E-state index is 11.1. The Morgan fingerprint density at radius 2 is 2.18 bits per heavy atom. The summed E-state index contributed by atoms with van der Waals surface area (Å²) < 4.78 is 22.2. The highest BCUT2D eigenvalue weighted by molar-refractivity contribution is 7.91. The summed E-state index contributed by atoms with van der Waals surface area (Å²) in [6.07, 6.45) is 0. The zero-order valence-corrected chi connectivity index (χ0v) is 7.89. The van der Waals surface area contributed by atoms with E-state index < -0.39 is 9.84 Å². The molecule has 1 aliphatic heterocycles. The molecule has 1 saturated heterocycles. The number of nitrogens with zero attached hydrogens (tertiary/aromatic N) is 1. The molecule has 11 heavy (non-hydrogen) atoms. The lowest BCUT2D eigenvalue weighted by Crippen LogP contribution is -2.46. The highest BCUT2D eigenvalue weighted by Crippen LogP contribution is 2.09. The van der Waals surface area contributed by atoms with E-state index in [1.807, 2.05) is 6.92 Å². The summed E-state index contributed by atoms with van der Waals surface area (Å²) in [5.41, 5.74) is 0. The quantitative estimate of drug-likeness (QED) is 0.571. The van der Waals surface area contributed by atoms with Gasteiger partial charge in [0.2, 0.25) is 0 Å². The molecule has 1 atom stereocenters. The molecule has 3 nitrogen and oxygen atoms in total. The van der Waals surface area contributed by atoms with Crippen LogP contribution in [0.15, 0.2) is 0 Å². The molecule has 0 aliphatic carbocycles. The second-order valence-electron chi connectivity index (χ2n) is 3.09. The van der Waals surface area contributed by atoms with E-state index in [9.17, 15) is 8.42 Å². The number of rotatable bonds is 1. The molecule has 4 heteroatoms. The molecule has 1 aliphatic rings. The molecule has 0 aromatic rings. The van der Waals surface area contributed by atoms with Crippen LogP contribution in [0.4, 0.5) is 0 Å². The molecular weight excluding hydrogens is 162 g/mol. The summed E-state index contributed by atoms with van der Waals surface area (Å²) in [5.74, 6) is 0.673. The monoisotopic (exact) mass is 177 g/mol. The van der Waals surface area contributed by atoms with Gasteiger partial charge in [0.15, 0.2) is 9.84 Å². The van der Waals surface area contributed by atoms with Crippen LogP contribution >= 0.6 is 0 Å². The van der Waals surface area contributed by atoms with E-state index >= 15 is 0 Å². The lowest BCUT2D eigenvalue weighted by molar-refractivity contribution is 0.239. The van der Waals surface area contributed by atoms with Gasteiger partial charge < -0.3 is 0 Å². The third kappa shape index (κ3) is 2.17. The number of hydrogen-bond acceptors (Lipinski definition) is 3. The van der Waals surface area contributed by atoms with Crippen molar-refractivity contribution in [2.45, 2.75) is 19.9 Å². The zero-order valence-electron chi connectivity index (χ0n) is 7.08. The summed E-state index contributed by atoms with van der Waals surface area (Å²) >= 11 is 0. The largest absolute Gasteiger partial charge is 0.299 e. The van der Waals surface area contributed by atoms with Gasteiger partial charge >= 0.3 is 0 Å². The third-order valence-electron chi connectivity index (χ3n) is 2.21. The summed E-state index contributed by atoms with van der Waals surface area (Å²) in [4.78, 5) is 2.20. The summed E-state index contributed by atoms with van der Waals surface area (Å²) in [6.45, 7) is 5.70. The van der Waals surface area contributed by atoms with Crippen LogP contribution in [0.5, 0.6) is 0 Å². The van der Waals surface area contributed by atoms with Crippen molar-refractivity contribution in [2.24, 2.45) is 0 Å². The van der Waals surface area contributed by atoms with E-state index in [0.29, 0.717) is 18.1 Å². The van der Waals surface area contributed by atoms with Crippen molar-refractivity contribution in [3.05, 3.63) is 0 Å². The zero-order chi connectivity index (χ0) is 8.48. The van der Waals surface area contributed by atoms with E-state index in [0.717, 1.165) is 6.54 Å². The number of sulfone groups is 1. The molecule has 1 unspecified atom stereocenters. The SMILES string of the molecule is CCN1CCS(=O)(=O)CC1C. The van der Waals surface area contributed by atoms with Crippen LogP contribution in [0.3, 0.4) is 0 Å². The smallest absolute Gasteiger partial charge is 0.153 e. The van der Waals surface area contributed by atoms with Gasteiger partial charge in [0.05, 0.1) is 11.5 Å². The Morgan fingerprint density at radius 1 is 1.55 bits per heavy atom. The molecule has 0 aromatic heterocycles. The van der Waals surface area contributed by atoms with Gasteiger partial charge in [-0.25, -0.2) is 8.42 Å². The first-order chi connectivity index (χ1) is 5.05. The standard InChI is InChI=1S/C7H15NO2S/c1-3-8-4-5-11(9,10)6-7(8)2/h7H,3-6H2,1-2H3. The lowest BCUT2D eigenvalue weighted by atomic mass is 10.3. The predicted octanol–water partition coefficient (Wildman–Crippen LogP) is 0.125. The first-order valence-corrected chi connectivity index (χ1v) is 5.82. The first-order valence-electron chi connectivity index (χ1n) is 3.99. The van der Waals surface area contributed by atoms with Gasteiger partial charge in [0.25, 0.3) is 0 Å². The predicted molar refractivity (Wildman–Crippen MR) is 45.4 cm³/mol. The summed E-state index contributed by atoms with van der Waals surface area (Å²) in [5, 5.41) is 0. The van der Waals surface area contributed by atoms with E-state index in [-0.39, 0.29) is 6.04 Å². The average Bonchev–Trinajstić information content (AvgIpc) is 1.86. The Bertz CT molecular complexity index is 223. The van der Waals surface area contributed by atoms with Crippen molar-refractivity contribution in [1.82, 2.24) is 4.90 Å². The minimum Gasteiger partial charge on any atom is -0.299 e. The van der Waals surface area contributed by atoms with Crippen molar-refractivity contribution in [2.75, 3.05) is 24.6 Å². The lowest BCUT2D eigenvalue weighted by Gasteiger charge is -2.31. The van der Waals surface area contributed by atoms with Crippen LogP contribution in [0, 0.1) is 0 Å². The second kappa shape index (κ2) is 3.11. The molecule has 0 N–H and O–H groups in total. The Hall–Kier alpha value is -0.0900.